The highest BCUT2D eigenvalue weighted by atomic mass is 79.9. The first kappa shape index (κ1) is 42.7. The van der Waals surface area contributed by atoms with Crippen LogP contribution in [0.3, 0.4) is 0 Å². The predicted molar refractivity (Wildman–Crippen MR) is 210 cm³/mol. The van der Waals surface area contributed by atoms with E-state index in [4.69, 9.17) is 9.47 Å². The maximum Gasteiger partial charge on any atom is 0.313 e. The quantitative estimate of drug-likeness (QED) is 0.0725. The molecule has 3 heterocycles. The Balaban J connectivity index is 1.74. The Morgan fingerprint density at radius 2 is 1.75 bits per heavy atom. The fraction of sp³-hybridized carbons (Fsp3) is 0.667. The number of aliphatic hydroxyl groups excluding tert-OH is 1. The molecule has 0 aliphatic carbocycles. The van der Waals surface area contributed by atoms with Gasteiger partial charge < -0.3 is 29.3 Å². The molecule has 3 fully saturated rings. The minimum absolute atomic E-state index is 0.0865. The van der Waals surface area contributed by atoms with Gasteiger partial charge in [0.2, 0.25) is 17.7 Å². The molecule has 0 saturated carbocycles. The molecule has 10 nitrogen and oxygen atoms in total. The van der Waals surface area contributed by atoms with Crippen molar-refractivity contribution >= 4 is 39.6 Å². The number of likely N-dealkylation sites (N-methyl/N-ethyl adjacent to an activating group) is 1. The third-order valence-electron chi connectivity index (χ3n) is 11.2. The number of rotatable bonds is 19. The molecule has 3 saturated heterocycles. The van der Waals surface area contributed by atoms with E-state index in [0.717, 1.165) is 18.4 Å². The topological polar surface area (TPSA) is 117 Å². The van der Waals surface area contributed by atoms with Crippen LogP contribution < -0.4 is 0 Å². The molecule has 1 unspecified atom stereocenters. The number of likely N-dealkylation sites (tertiary alicyclic amines) is 1. The molecule has 3 aliphatic rings. The Labute approximate surface area is 325 Å². The Morgan fingerprint density at radius 3 is 2.36 bits per heavy atom. The van der Waals surface area contributed by atoms with E-state index in [1.807, 2.05) is 42.2 Å². The van der Waals surface area contributed by atoms with Gasteiger partial charge in [-0.1, -0.05) is 92.0 Å². The number of esters is 1. The van der Waals surface area contributed by atoms with Crippen molar-refractivity contribution in [1.82, 2.24) is 14.7 Å². The number of aliphatic hydroxyl groups is 1. The highest BCUT2D eigenvalue weighted by molar-refractivity contribution is 9.09. The molecule has 1 N–H and O–H groups in total. The van der Waals surface area contributed by atoms with Gasteiger partial charge in [0.1, 0.15) is 17.7 Å². The van der Waals surface area contributed by atoms with Crippen LogP contribution in [0.2, 0.25) is 0 Å². The van der Waals surface area contributed by atoms with Gasteiger partial charge in [-0.3, -0.25) is 19.2 Å². The van der Waals surface area contributed by atoms with Crippen LogP contribution in [0.5, 0.6) is 0 Å². The van der Waals surface area contributed by atoms with Crippen LogP contribution in [0.15, 0.2) is 55.6 Å². The number of benzene rings is 1. The summed E-state index contributed by atoms with van der Waals surface area (Å²) in [4.78, 5) is 62.5. The molecule has 0 radical (unpaired) electrons. The van der Waals surface area contributed by atoms with E-state index in [1.165, 1.54) is 0 Å². The van der Waals surface area contributed by atoms with Gasteiger partial charge in [0.25, 0.3) is 0 Å². The molecule has 294 valence electrons. The molecule has 3 amide bonds. The average molecular weight is 801 g/mol. The van der Waals surface area contributed by atoms with E-state index in [9.17, 15) is 19.5 Å². The molecule has 2 bridgehead atoms. The number of alkyl halides is 1. The average Bonchev–Trinajstić information content (AvgIpc) is 3.69. The lowest BCUT2D eigenvalue weighted by Gasteiger charge is -2.45. The number of nitrogens with zero attached hydrogens (tertiary/aromatic N) is 3. The number of carbonyl (C=O) groups excluding carboxylic acids is 4. The van der Waals surface area contributed by atoms with Crippen LogP contribution in [0.1, 0.15) is 105 Å². The van der Waals surface area contributed by atoms with Gasteiger partial charge in [-0.2, -0.15) is 0 Å². The van der Waals surface area contributed by atoms with E-state index in [2.05, 4.69) is 63.7 Å². The van der Waals surface area contributed by atoms with E-state index in [-0.39, 0.29) is 41.0 Å². The highest BCUT2D eigenvalue weighted by Crippen LogP contribution is 2.61. The Kier molecular flexibility index (Phi) is 14.2. The SMILES string of the molecule is C=CCCC(=O)N(C)[C@H](C)[C@H](OC(=O)[C@@H]1[C@H]2O[C@@]3(CC2Br)[C@H](C(=O)N(CC=C)C(C)(C)CC(C)(C)C)N(CCCCCCO)C(=O)[C@@H]13)c1ccccc1. The van der Waals surface area contributed by atoms with Crippen molar-refractivity contribution in [2.45, 2.75) is 133 Å². The standard InChI is InChI=1S/C42H62BrN3O7/c1-10-12-22-31(48)44(9)28(3)34(29-20-16-15-17-21-29)52-39(51)32-33-37(49)45(24-18-13-14-19-25-47)36(42(33)26-30(43)35(32)53-42)38(50)46(23-11-2)41(7,8)27-40(4,5)6/h10-11,15-17,20-21,28,30,32-36,47H,1-2,12-14,18-19,22-27H2,3-9H3/t28-,30?,32+,33-,34+,35+,36+,42-/m1/s1. The molecule has 53 heavy (non-hydrogen) atoms. The zero-order chi connectivity index (χ0) is 39.3. The summed E-state index contributed by atoms with van der Waals surface area (Å²) in [6.07, 6.45) is 6.70. The van der Waals surface area contributed by atoms with E-state index < -0.39 is 53.2 Å². The van der Waals surface area contributed by atoms with Gasteiger partial charge in [-0.15, -0.1) is 13.2 Å². The number of hydrogen-bond acceptors (Lipinski definition) is 7. The molecular weight excluding hydrogens is 738 g/mol. The van der Waals surface area contributed by atoms with Crippen LogP contribution in [0.4, 0.5) is 0 Å². The molecule has 4 rings (SSSR count). The largest absolute Gasteiger partial charge is 0.455 e. The Bertz CT molecular complexity index is 1480. The predicted octanol–water partition coefficient (Wildman–Crippen LogP) is 6.61. The van der Waals surface area contributed by atoms with Crippen LogP contribution in [0, 0.1) is 17.3 Å². The smallest absolute Gasteiger partial charge is 0.313 e. The van der Waals surface area contributed by atoms with Gasteiger partial charge in [0.15, 0.2) is 0 Å². The molecule has 3 aliphatic heterocycles. The van der Waals surface area contributed by atoms with Crippen LogP contribution in [-0.4, -0.2) is 104 Å². The van der Waals surface area contributed by atoms with E-state index in [0.29, 0.717) is 45.2 Å². The maximum absolute atomic E-state index is 15.1. The van der Waals surface area contributed by atoms with E-state index in [1.54, 1.807) is 29.0 Å². The second-order valence-corrected chi connectivity index (χ2v) is 18.1. The third kappa shape index (κ3) is 9.10. The van der Waals surface area contributed by atoms with Gasteiger partial charge in [0, 0.05) is 43.5 Å². The molecular formula is C42H62BrN3O7. The maximum atomic E-state index is 15.1. The van der Waals surface area contributed by atoms with Gasteiger partial charge in [0.05, 0.1) is 24.0 Å². The summed E-state index contributed by atoms with van der Waals surface area (Å²) in [7, 11) is 1.70. The first-order chi connectivity index (χ1) is 25.0. The summed E-state index contributed by atoms with van der Waals surface area (Å²) in [5.41, 5.74) is -1.19. The molecule has 1 spiro atoms. The lowest BCUT2D eigenvalue weighted by molar-refractivity contribution is -0.164. The summed E-state index contributed by atoms with van der Waals surface area (Å²) >= 11 is 3.80. The first-order valence-corrected chi connectivity index (χ1v) is 20.1. The van der Waals surface area contributed by atoms with Gasteiger partial charge in [-0.05, 0) is 63.9 Å². The van der Waals surface area contributed by atoms with Crippen molar-refractivity contribution in [2.24, 2.45) is 17.3 Å². The molecule has 8 atom stereocenters. The highest BCUT2D eigenvalue weighted by Gasteiger charge is 2.77. The summed E-state index contributed by atoms with van der Waals surface area (Å²) in [6.45, 7) is 20.8. The first-order valence-electron chi connectivity index (χ1n) is 19.2. The fourth-order valence-electron chi connectivity index (χ4n) is 9.10. The van der Waals surface area contributed by atoms with E-state index >= 15 is 4.79 Å². The molecule has 0 aromatic heterocycles. The van der Waals surface area contributed by atoms with Crippen molar-refractivity contribution in [2.75, 3.05) is 26.7 Å². The fourth-order valence-corrected chi connectivity index (χ4v) is 10.0. The summed E-state index contributed by atoms with van der Waals surface area (Å²) in [5, 5.41) is 9.34. The number of ether oxygens (including phenoxy) is 2. The number of unbranched alkanes of at least 4 members (excludes halogenated alkanes) is 3. The molecule has 1 aromatic carbocycles. The number of hydrogen-bond donors (Lipinski definition) is 1. The molecule has 11 heteroatoms. The minimum atomic E-state index is -1.25. The number of carbonyl (C=O) groups is 4. The van der Waals surface area contributed by atoms with Crippen molar-refractivity contribution in [3.05, 3.63) is 61.2 Å². The summed E-state index contributed by atoms with van der Waals surface area (Å²) < 4.78 is 13.2. The minimum Gasteiger partial charge on any atom is -0.455 e. The second-order valence-electron chi connectivity index (χ2n) is 17.0. The van der Waals surface area contributed by atoms with Crippen molar-refractivity contribution in [3.63, 3.8) is 0 Å². The second kappa shape index (κ2) is 17.6. The lowest BCUT2D eigenvalue weighted by atomic mass is 9.70. The Morgan fingerprint density at radius 1 is 1.09 bits per heavy atom. The Hall–Kier alpha value is -3.02. The number of amides is 3. The zero-order valence-corrected chi connectivity index (χ0v) is 34.5. The monoisotopic (exact) mass is 799 g/mol. The van der Waals surface area contributed by atoms with Crippen LogP contribution in [-0.2, 0) is 28.7 Å². The number of halogens is 1. The summed E-state index contributed by atoms with van der Waals surface area (Å²) in [5.74, 6) is -3.06. The third-order valence-corrected chi connectivity index (χ3v) is 12.1. The number of fused-ring (bicyclic) bond motifs is 1. The van der Waals surface area contributed by atoms with Crippen LogP contribution in [0.25, 0.3) is 0 Å². The zero-order valence-electron chi connectivity index (χ0n) is 32.9. The molecule has 1 aromatic rings. The van der Waals surface area contributed by atoms with Crippen molar-refractivity contribution in [3.8, 4) is 0 Å². The summed E-state index contributed by atoms with van der Waals surface area (Å²) in [6, 6.07) is 7.86. The van der Waals surface area contributed by atoms with Gasteiger partial charge >= 0.3 is 5.97 Å². The van der Waals surface area contributed by atoms with Crippen LogP contribution >= 0.6 is 15.9 Å². The van der Waals surface area contributed by atoms with Crippen molar-refractivity contribution in [1.29, 1.82) is 0 Å². The normalized spacial score (nSPS) is 26.2. The lowest BCUT2D eigenvalue weighted by Crippen LogP contribution is -2.61. The van der Waals surface area contributed by atoms with Crippen molar-refractivity contribution < 1.29 is 33.8 Å². The number of allylic oxidation sites excluding steroid dienone is 1. The van der Waals surface area contributed by atoms with Gasteiger partial charge in [-0.25, -0.2) is 0 Å².